The number of carbonyl (C=O) groups excluding carboxylic acids is 2. The Balaban J connectivity index is 1.46. The van der Waals surface area contributed by atoms with E-state index >= 15 is 0 Å². The third-order valence-corrected chi connectivity index (χ3v) is 7.96. The highest BCUT2D eigenvalue weighted by Crippen LogP contribution is 2.37. The number of hydrogen-bond donors (Lipinski definition) is 3. The third-order valence-electron chi connectivity index (χ3n) is 7.96. The van der Waals surface area contributed by atoms with E-state index in [1.807, 2.05) is 20.9 Å². The number of aromatic nitrogens is 2. The molecule has 0 radical (unpaired) electrons. The van der Waals surface area contributed by atoms with E-state index in [-0.39, 0.29) is 35.7 Å². The summed E-state index contributed by atoms with van der Waals surface area (Å²) in [5.74, 6) is -1.10. The van der Waals surface area contributed by atoms with Crippen molar-refractivity contribution in [1.82, 2.24) is 25.1 Å². The summed E-state index contributed by atoms with van der Waals surface area (Å²) in [6.45, 7) is 8.77. The summed E-state index contributed by atoms with van der Waals surface area (Å²) in [5.41, 5.74) is 0.0616. The van der Waals surface area contributed by atoms with Gasteiger partial charge in [-0.1, -0.05) is 13.3 Å². The van der Waals surface area contributed by atoms with Crippen molar-refractivity contribution in [3.63, 3.8) is 0 Å². The van der Waals surface area contributed by atoms with Gasteiger partial charge < -0.3 is 25.8 Å². The lowest BCUT2D eigenvalue weighted by Crippen LogP contribution is -2.45. The molecule has 12 heteroatoms. The molecule has 1 saturated heterocycles. The van der Waals surface area contributed by atoms with Crippen molar-refractivity contribution in [3.05, 3.63) is 41.6 Å². The molecule has 2 amide bonds. The quantitative estimate of drug-likeness (QED) is 0.391. The van der Waals surface area contributed by atoms with Gasteiger partial charge in [0, 0.05) is 55.7 Å². The molecule has 41 heavy (non-hydrogen) atoms. The number of carbonyl (C=O) groups is 2. The van der Waals surface area contributed by atoms with E-state index in [9.17, 15) is 22.8 Å². The van der Waals surface area contributed by atoms with Crippen molar-refractivity contribution in [2.45, 2.75) is 77.2 Å². The molecule has 9 nitrogen and oxygen atoms in total. The first kappa shape index (κ1) is 30.5. The second-order valence-electron chi connectivity index (χ2n) is 11.2. The Kier molecular flexibility index (Phi) is 9.72. The van der Waals surface area contributed by atoms with Crippen molar-refractivity contribution < 1.29 is 22.8 Å². The number of nitrogens with zero attached hydrogens (tertiary/aromatic N) is 4. The van der Waals surface area contributed by atoms with Crippen LogP contribution in [0.3, 0.4) is 0 Å². The smallest absolute Gasteiger partial charge is 0.366 e. The van der Waals surface area contributed by atoms with Gasteiger partial charge in [0.1, 0.15) is 11.4 Å². The molecule has 1 aliphatic carbocycles. The van der Waals surface area contributed by atoms with E-state index in [1.54, 1.807) is 29.2 Å². The number of piperidine rings is 1. The summed E-state index contributed by atoms with van der Waals surface area (Å²) >= 11 is 0. The molecular formula is C29H40F3N7O2. The fraction of sp³-hybridized carbons (Fsp3) is 0.586. The summed E-state index contributed by atoms with van der Waals surface area (Å²) in [4.78, 5) is 37.9. The van der Waals surface area contributed by atoms with E-state index in [1.165, 1.54) is 0 Å². The Morgan fingerprint density at radius 2 is 1.78 bits per heavy atom. The average molecular weight is 576 g/mol. The molecule has 4 rings (SSSR count). The predicted octanol–water partition coefficient (Wildman–Crippen LogP) is 4.90. The Labute approximate surface area is 239 Å². The zero-order chi connectivity index (χ0) is 29.7. The van der Waals surface area contributed by atoms with Gasteiger partial charge in [0.05, 0.1) is 5.92 Å². The summed E-state index contributed by atoms with van der Waals surface area (Å²) in [6, 6.07) is 6.37. The molecule has 1 aromatic carbocycles. The number of benzene rings is 1. The van der Waals surface area contributed by atoms with Gasteiger partial charge in [-0.15, -0.1) is 0 Å². The molecule has 1 aromatic heterocycles. The standard InChI is InChI=1S/C29H40F3N7O2/c1-5-39-15-13-21(14-16-39)38(4)27(41)19-9-11-20(12-10-19)35-28-33-17-23(29(30,31)32)25(37-28)36-24-8-6-7-22(24)26(40)34-18(2)3/h9-12,17-18,21-22,24H,5-8,13-16H2,1-4H3,(H,34,40)(H2,33,35,36,37). The first-order valence-electron chi connectivity index (χ1n) is 14.3. The number of halogens is 3. The molecule has 2 aromatic rings. The zero-order valence-electron chi connectivity index (χ0n) is 24.1. The van der Waals surface area contributed by atoms with Crippen LogP contribution in [0.1, 0.15) is 68.8 Å². The van der Waals surface area contributed by atoms with Gasteiger partial charge in [0.2, 0.25) is 11.9 Å². The molecule has 1 aliphatic heterocycles. The van der Waals surface area contributed by atoms with E-state index in [4.69, 9.17) is 0 Å². The number of hydrogen-bond acceptors (Lipinski definition) is 7. The van der Waals surface area contributed by atoms with Gasteiger partial charge in [0.15, 0.2) is 0 Å². The lowest BCUT2D eigenvalue weighted by atomic mass is 10.0. The minimum absolute atomic E-state index is 0.0273. The van der Waals surface area contributed by atoms with Crippen LogP contribution in [-0.4, -0.2) is 76.4 Å². The normalized spacial score (nSPS) is 20.2. The van der Waals surface area contributed by atoms with Crippen molar-refractivity contribution in [2.75, 3.05) is 37.3 Å². The lowest BCUT2D eigenvalue weighted by Gasteiger charge is -2.36. The lowest BCUT2D eigenvalue weighted by molar-refractivity contribution is -0.137. The first-order chi connectivity index (χ1) is 19.5. The summed E-state index contributed by atoms with van der Waals surface area (Å²) in [6.07, 6.45) is -0.191. The van der Waals surface area contributed by atoms with Crippen molar-refractivity contribution in [2.24, 2.45) is 5.92 Å². The van der Waals surface area contributed by atoms with Crippen LogP contribution in [-0.2, 0) is 11.0 Å². The molecule has 0 bridgehead atoms. The molecule has 2 aliphatic rings. The molecule has 1 saturated carbocycles. The topological polar surface area (TPSA) is 102 Å². The van der Waals surface area contributed by atoms with Crippen molar-refractivity contribution >= 4 is 29.3 Å². The highest BCUT2D eigenvalue weighted by molar-refractivity contribution is 5.94. The highest BCUT2D eigenvalue weighted by atomic mass is 19.4. The number of alkyl halides is 3. The SMILES string of the molecule is CCN1CCC(N(C)C(=O)c2ccc(Nc3ncc(C(F)(F)F)c(NC4CCCC4C(=O)NC(C)C)n3)cc2)CC1. The molecule has 224 valence electrons. The minimum Gasteiger partial charge on any atom is -0.366 e. The number of nitrogens with one attached hydrogen (secondary N) is 3. The molecule has 0 spiro atoms. The van der Waals surface area contributed by atoms with Crippen LogP contribution in [0.15, 0.2) is 30.5 Å². The Bertz CT molecular complexity index is 1200. The van der Waals surface area contributed by atoms with E-state index in [0.29, 0.717) is 24.1 Å². The zero-order valence-corrected chi connectivity index (χ0v) is 24.1. The number of anilines is 3. The van der Waals surface area contributed by atoms with Crippen LogP contribution in [0.2, 0.25) is 0 Å². The summed E-state index contributed by atoms with van der Waals surface area (Å²) < 4.78 is 41.4. The Morgan fingerprint density at radius 1 is 1.10 bits per heavy atom. The van der Waals surface area contributed by atoms with Crippen LogP contribution in [0, 0.1) is 5.92 Å². The Morgan fingerprint density at radius 3 is 2.39 bits per heavy atom. The fourth-order valence-electron chi connectivity index (χ4n) is 5.59. The monoisotopic (exact) mass is 575 g/mol. The van der Waals surface area contributed by atoms with Crippen molar-refractivity contribution in [3.8, 4) is 0 Å². The number of rotatable bonds is 9. The van der Waals surface area contributed by atoms with Crippen LogP contribution >= 0.6 is 0 Å². The highest BCUT2D eigenvalue weighted by Gasteiger charge is 2.39. The number of amides is 2. The van der Waals surface area contributed by atoms with Gasteiger partial charge in [-0.3, -0.25) is 9.59 Å². The first-order valence-corrected chi connectivity index (χ1v) is 14.3. The fourth-order valence-corrected chi connectivity index (χ4v) is 5.59. The van der Waals surface area contributed by atoms with E-state index in [2.05, 4.69) is 37.7 Å². The van der Waals surface area contributed by atoms with Gasteiger partial charge >= 0.3 is 6.18 Å². The molecule has 2 heterocycles. The Hall–Kier alpha value is -3.41. The van der Waals surface area contributed by atoms with E-state index in [0.717, 1.165) is 45.1 Å². The molecule has 2 unspecified atom stereocenters. The maximum atomic E-state index is 13.8. The van der Waals surface area contributed by atoms with E-state index < -0.39 is 23.7 Å². The average Bonchev–Trinajstić information content (AvgIpc) is 3.40. The maximum Gasteiger partial charge on any atom is 0.421 e. The largest absolute Gasteiger partial charge is 0.421 e. The van der Waals surface area contributed by atoms with Gasteiger partial charge in [0.25, 0.3) is 5.91 Å². The number of likely N-dealkylation sites (tertiary alicyclic amines) is 1. The van der Waals surface area contributed by atoms with Crippen LogP contribution in [0.25, 0.3) is 0 Å². The summed E-state index contributed by atoms with van der Waals surface area (Å²) in [7, 11) is 1.83. The summed E-state index contributed by atoms with van der Waals surface area (Å²) in [5, 5.41) is 8.69. The van der Waals surface area contributed by atoms with Crippen LogP contribution in [0.4, 0.5) is 30.6 Å². The second-order valence-corrected chi connectivity index (χ2v) is 11.2. The van der Waals surface area contributed by atoms with Crippen molar-refractivity contribution in [1.29, 1.82) is 0 Å². The maximum absolute atomic E-state index is 13.8. The molecule has 2 fully saturated rings. The molecule has 3 N–H and O–H groups in total. The van der Waals surface area contributed by atoms with Crippen LogP contribution in [0.5, 0.6) is 0 Å². The second kappa shape index (κ2) is 13.1. The predicted molar refractivity (Wildman–Crippen MR) is 152 cm³/mol. The third kappa shape index (κ3) is 7.66. The minimum atomic E-state index is -4.67. The molecule has 2 atom stereocenters. The van der Waals surface area contributed by atoms with Crippen LogP contribution < -0.4 is 16.0 Å². The molecular weight excluding hydrogens is 535 g/mol. The van der Waals surface area contributed by atoms with Gasteiger partial charge in [-0.25, -0.2) is 4.98 Å². The van der Waals surface area contributed by atoms with Gasteiger partial charge in [-0.05, 0) is 70.3 Å². The van der Waals surface area contributed by atoms with Gasteiger partial charge in [-0.2, -0.15) is 18.2 Å².